The lowest BCUT2D eigenvalue weighted by molar-refractivity contribution is 0.638. The molecule has 0 unspecified atom stereocenters. The summed E-state index contributed by atoms with van der Waals surface area (Å²) in [4.78, 5) is 7.21. The van der Waals surface area contributed by atoms with Crippen LogP contribution in [0.5, 0.6) is 0 Å². The van der Waals surface area contributed by atoms with Crippen LogP contribution in [0.3, 0.4) is 0 Å². The first-order valence-electron chi connectivity index (χ1n) is 3.32. The second-order valence-corrected chi connectivity index (χ2v) is 3.58. The van der Waals surface area contributed by atoms with E-state index in [4.69, 9.17) is 23.2 Å². The minimum Gasteiger partial charge on any atom is -0.244 e. The molecule has 0 saturated heterocycles. The molecule has 14 heavy (non-hydrogen) atoms. The number of halogens is 4. The molecule has 0 aliphatic rings. The van der Waals surface area contributed by atoms with Crippen molar-refractivity contribution in [3.05, 3.63) is 22.5 Å². The van der Waals surface area contributed by atoms with Gasteiger partial charge in [0.1, 0.15) is 5.15 Å². The first kappa shape index (κ1) is 9.95. The zero-order chi connectivity index (χ0) is 10.3. The van der Waals surface area contributed by atoms with Gasteiger partial charge in [0, 0.05) is 0 Å². The van der Waals surface area contributed by atoms with Gasteiger partial charge < -0.3 is 0 Å². The summed E-state index contributed by atoms with van der Waals surface area (Å²) in [6.07, 6.45) is 0.923. The Balaban J connectivity index is 2.89. The van der Waals surface area contributed by atoms with Crippen molar-refractivity contribution in [1.82, 2.24) is 13.9 Å². The van der Waals surface area contributed by atoms with Crippen molar-refractivity contribution in [3.63, 3.8) is 0 Å². The van der Waals surface area contributed by atoms with Crippen LogP contribution in [0, 0.1) is 5.82 Å². The van der Waals surface area contributed by atoms with E-state index in [1.165, 1.54) is 0 Å². The largest absolute Gasteiger partial charge is 0.244 e. The maximum atomic E-state index is 13.2. The van der Waals surface area contributed by atoms with Gasteiger partial charge >= 0.3 is 0 Å². The summed E-state index contributed by atoms with van der Waals surface area (Å²) < 4.78 is 26.4. The summed E-state index contributed by atoms with van der Waals surface area (Å²) in [7, 11) is 0. The zero-order valence-corrected chi connectivity index (χ0v) is 8.67. The van der Waals surface area contributed by atoms with Crippen LogP contribution >= 0.6 is 35.5 Å². The van der Waals surface area contributed by atoms with Gasteiger partial charge in [-0.15, -0.1) is 3.89 Å². The molecule has 0 saturated carbocycles. The fraction of sp³-hybridized carbons (Fsp3) is 0. The van der Waals surface area contributed by atoms with Crippen molar-refractivity contribution < 1.29 is 8.28 Å². The number of rotatable bonds is 1. The predicted molar refractivity (Wildman–Crippen MR) is 51.6 cm³/mol. The molecule has 2 rings (SSSR count). The molecule has 2 heterocycles. The Hall–Kier alpha value is -0.590. The number of fused-ring (bicyclic) bond motifs is 1. The Morgan fingerprint density at radius 1 is 1.36 bits per heavy atom. The van der Waals surface area contributed by atoms with E-state index < -0.39 is 5.82 Å². The quantitative estimate of drug-likeness (QED) is 0.579. The van der Waals surface area contributed by atoms with Gasteiger partial charge in [0.25, 0.3) is 0 Å². The Morgan fingerprint density at radius 2 is 2.07 bits per heavy atom. The summed E-state index contributed by atoms with van der Waals surface area (Å²) in [6, 6.07) is 0. The fourth-order valence-corrected chi connectivity index (χ4v) is 1.84. The molecule has 0 spiro atoms. The van der Waals surface area contributed by atoms with Crippen LogP contribution in [0.4, 0.5) is 8.28 Å². The van der Waals surface area contributed by atoms with Crippen LogP contribution in [0.2, 0.25) is 10.4 Å². The third kappa shape index (κ3) is 1.43. The van der Waals surface area contributed by atoms with Crippen LogP contribution in [-0.2, 0) is 0 Å². The molecule has 0 bridgehead atoms. The fourth-order valence-electron chi connectivity index (χ4n) is 1.04. The summed E-state index contributed by atoms with van der Waals surface area (Å²) in [5, 5.41) is -0.331. The number of nitrogens with zero attached hydrogens (tertiary/aromatic N) is 3. The van der Waals surface area contributed by atoms with Crippen LogP contribution in [0.15, 0.2) is 6.20 Å². The van der Waals surface area contributed by atoms with Crippen molar-refractivity contribution in [2.45, 2.75) is 0 Å². The van der Waals surface area contributed by atoms with Gasteiger partial charge in [-0.05, 0) is 11.6 Å². The summed E-state index contributed by atoms with van der Waals surface area (Å²) in [5.41, 5.74) is 0.0139. The van der Waals surface area contributed by atoms with E-state index in [9.17, 15) is 8.28 Å². The van der Waals surface area contributed by atoms with E-state index in [2.05, 4.69) is 9.97 Å². The molecule has 0 amide bonds. The van der Waals surface area contributed by atoms with Gasteiger partial charge in [0.05, 0.1) is 11.6 Å². The number of hydrogen-bond donors (Lipinski definition) is 0. The second kappa shape index (κ2) is 3.52. The molecule has 2 aromatic rings. The Bertz CT molecular complexity index is 501. The molecule has 8 heteroatoms. The highest BCUT2D eigenvalue weighted by atomic mass is 35.5. The van der Waals surface area contributed by atoms with Crippen molar-refractivity contribution in [3.8, 4) is 0 Å². The minimum absolute atomic E-state index is 0.0139. The lowest BCUT2D eigenvalue weighted by atomic mass is 10.4. The predicted octanol–water partition coefficient (Wildman–Crippen LogP) is 3.26. The van der Waals surface area contributed by atoms with E-state index in [0.717, 1.165) is 10.2 Å². The van der Waals surface area contributed by atoms with Gasteiger partial charge in [-0.1, -0.05) is 11.6 Å². The highest BCUT2D eigenvalue weighted by Crippen LogP contribution is 2.28. The van der Waals surface area contributed by atoms with E-state index in [1.807, 2.05) is 0 Å². The van der Waals surface area contributed by atoms with Crippen molar-refractivity contribution in [2.24, 2.45) is 0 Å². The molecule has 74 valence electrons. The second-order valence-electron chi connectivity index (χ2n) is 2.35. The average molecular weight is 256 g/mol. The monoisotopic (exact) mass is 255 g/mol. The Labute approximate surface area is 91.5 Å². The molecule has 0 N–H and O–H groups in total. The van der Waals surface area contributed by atoms with Crippen molar-refractivity contribution >= 4 is 46.6 Å². The third-order valence-corrected chi connectivity index (χ3v) is 2.44. The van der Waals surface area contributed by atoms with Gasteiger partial charge in [0.15, 0.2) is 23.8 Å². The Kier molecular flexibility index (Phi) is 2.50. The Morgan fingerprint density at radius 3 is 2.71 bits per heavy atom. The SMILES string of the molecule is FSn1cc(F)c2c(Cl)nc(Cl)nc21. The van der Waals surface area contributed by atoms with Crippen LogP contribution < -0.4 is 0 Å². The number of hydrogen-bond acceptors (Lipinski definition) is 3. The van der Waals surface area contributed by atoms with E-state index >= 15 is 0 Å². The summed E-state index contributed by atoms with van der Waals surface area (Å²) in [5.74, 6) is -0.688. The maximum Gasteiger partial charge on any atom is 0.225 e. The molecule has 0 fully saturated rings. The van der Waals surface area contributed by atoms with Crippen molar-refractivity contribution in [1.29, 1.82) is 0 Å². The van der Waals surface area contributed by atoms with Crippen LogP contribution in [0.1, 0.15) is 0 Å². The molecule has 0 atom stereocenters. The van der Waals surface area contributed by atoms with Gasteiger partial charge in [-0.2, -0.15) is 4.98 Å². The molecule has 2 aromatic heterocycles. The molecule has 3 nitrogen and oxygen atoms in total. The first-order chi connectivity index (χ1) is 6.63. The topological polar surface area (TPSA) is 30.7 Å². The first-order valence-corrected chi connectivity index (χ1v) is 4.75. The molecule has 0 radical (unpaired) electrons. The average Bonchev–Trinajstić information content (AvgIpc) is 2.42. The van der Waals surface area contributed by atoms with Gasteiger partial charge in [-0.25, -0.2) is 13.3 Å². The van der Waals surface area contributed by atoms with Gasteiger partial charge in [-0.3, -0.25) is 0 Å². The standard InChI is InChI=1S/C6HCl2F2N3S/c7-4-3-2(9)1-13(14-10)5(3)12-6(8)11-4/h1H. The third-order valence-electron chi connectivity index (χ3n) is 1.57. The molecular weight excluding hydrogens is 255 g/mol. The zero-order valence-electron chi connectivity index (χ0n) is 6.34. The van der Waals surface area contributed by atoms with E-state index in [0.29, 0.717) is 0 Å². The van der Waals surface area contributed by atoms with E-state index in [1.54, 1.807) is 0 Å². The van der Waals surface area contributed by atoms with Crippen molar-refractivity contribution in [2.75, 3.05) is 0 Å². The number of aromatic nitrogens is 3. The highest BCUT2D eigenvalue weighted by Gasteiger charge is 2.15. The molecule has 0 aliphatic heterocycles. The smallest absolute Gasteiger partial charge is 0.225 e. The maximum absolute atomic E-state index is 13.2. The summed E-state index contributed by atoms with van der Waals surface area (Å²) >= 11 is 10.9. The van der Waals surface area contributed by atoms with Crippen LogP contribution in [0.25, 0.3) is 11.0 Å². The van der Waals surface area contributed by atoms with E-state index in [-0.39, 0.29) is 33.8 Å². The van der Waals surface area contributed by atoms with Crippen LogP contribution in [-0.4, -0.2) is 13.9 Å². The lowest BCUT2D eigenvalue weighted by Crippen LogP contribution is -1.88. The molecule has 0 aromatic carbocycles. The molecular formula is C6HCl2F2N3S. The minimum atomic E-state index is -0.688. The molecule has 0 aliphatic carbocycles. The lowest BCUT2D eigenvalue weighted by Gasteiger charge is -1.96. The van der Waals surface area contributed by atoms with Gasteiger partial charge in [0.2, 0.25) is 5.28 Å². The highest BCUT2D eigenvalue weighted by molar-refractivity contribution is 7.92. The normalized spacial score (nSPS) is 11.1. The summed E-state index contributed by atoms with van der Waals surface area (Å²) in [6.45, 7) is 0.